The smallest absolute Gasteiger partial charge is 0.254 e. The third kappa shape index (κ3) is 4.05. The molecule has 0 saturated carbocycles. The predicted octanol–water partition coefficient (Wildman–Crippen LogP) is 0.846. The van der Waals surface area contributed by atoms with Gasteiger partial charge in [0.25, 0.3) is 5.91 Å². The Balaban J connectivity index is 1.82. The van der Waals surface area contributed by atoms with Crippen LogP contribution >= 0.6 is 0 Å². The second-order valence-corrected chi connectivity index (χ2v) is 5.62. The van der Waals surface area contributed by atoms with Gasteiger partial charge in [0.05, 0.1) is 12.8 Å². The Hall–Kier alpha value is -3.24. The van der Waals surface area contributed by atoms with E-state index < -0.39 is 5.91 Å². The second-order valence-electron chi connectivity index (χ2n) is 5.62. The summed E-state index contributed by atoms with van der Waals surface area (Å²) in [6.07, 6.45) is 2.96. The third-order valence-corrected chi connectivity index (χ3v) is 3.57. The molecule has 0 bridgehead atoms. The van der Waals surface area contributed by atoms with Crippen LogP contribution in [0.3, 0.4) is 0 Å². The van der Waals surface area contributed by atoms with E-state index in [0.717, 1.165) is 5.39 Å². The molecule has 0 aliphatic rings. The summed E-state index contributed by atoms with van der Waals surface area (Å²) in [6, 6.07) is 5.15. The number of nitrogens with two attached hydrogens (primary N) is 2. The van der Waals surface area contributed by atoms with Crippen LogP contribution in [0.2, 0.25) is 0 Å². The minimum atomic E-state index is -0.638. The van der Waals surface area contributed by atoms with Gasteiger partial charge in [-0.05, 0) is 18.2 Å². The van der Waals surface area contributed by atoms with Gasteiger partial charge in [-0.15, -0.1) is 0 Å². The Morgan fingerprint density at radius 1 is 1.38 bits per heavy atom. The van der Waals surface area contributed by atoms with Gasteiger partial charge < -0.3 is 31.4 Å². The quantitative estimate of drug-likeness (QED) is 0.459. The Bertz CT molecular complexity index is 912. The Kier molecular flexibility index (Phi) is 5.25. The van der Waals surface area contributed by atoms with Crippen LogP contribution in [0.1, 0.15) is 10.4 Å². The summed E-state index contributed by atoms with van der Waals surface area (Å²) in [5.41, 5.74) is 12.8. The summed E-state index contributed by atoms with van der Waals surface area (Å²) in [6.45, 7) is 0.812. The van der Waals surface area contributed by atoms with E-state index in [1.165, 1.54) is 6.20 Å². The summed E-state index contributed by atoms with van der Waals surface area (Å²) < 4.78 is 10.1. The molecule has 2 heterocycles. The molecule has 2 aromatic heterocycles. The van der Waals surface area contributed by atoms with E-state index >= 15 is 0 Å². The van der Waals surface area contributed by atoms with Crippen LogP contribution in [0.4, 0.5) is 17.5 Å². The van der Waals surface area contributed by atoms with Gasteiger partial charge in [0, 0.05) is 37.0 Å². The molecule has 3 rings (SSSR count). The van der Waals surface area contributed by atoms with Crippen LogP contribution in [0.25, 0.3) is 11.0 Å². The monoisotopic (exact) mass is 357 g/mol. The zero-order chi connectivity index (χ0) is 18.5. The van der Waals surface area contributed by atoms with Gasteiger partial charge in [-0.3, -0.25) is 4.79 Å². The van der Waals surface area contributed by atoms with Crippen molar-refractivity contribution in [2.24, 2.45) is 11.5 Å². The number of nitrogens with zero attached hydrogens (tertiary/aromatic N) is 3. The van der Waals surface area contributed by atoms with Crippen LogP contribution in [0, 0.1) is 0 Å². The van der Waals surface area contributed by atoms with Crippen molar-refractivity contribution < 1.29 is 14.1 Å². The van der Waals surface area contributed by atoms with Gasteiger partial charge in [0.2, 0.25) is 5.95 Å². The fraction of sp³-hybridized carbons (Fsp3) is 0.250. The van der Waals surface area contributed by atoms with E-state index in [1.807, 2.05) is 6.07 Å². The van der Waals surface area contributed by atoms with Crippen LogP contribution in [0.5, 0.6) is 0 Å². The van der Waals surface area contributed by atoms with E-state index in [0.29, 0.717) is 30.4 Å². The highest BCUT2D eigenvalue weighted by Gasteiger charge is 2.13. The van der Waals surface area contributed by atoms with Crippen molar-refractivity contribution in [1.82, 2.24) is 15.1 Å². The maximum Gasteiger partial charge on any atom is 0.254 e. The minimum Gasteiger partial charge on any atom is -0.383 e. The van der Waals surface area contributed by atoms with Crippen LogP contribution < -0.4 is 22.1 Å². The first-order valence-electron chi connectivity index (χ1n) is 7.83. The molecule has 1 unspecified atom stereocenters. The third-order valence-electron chi connectivity index (χ3n) is 3.57. The molecule has 10 heteroatoms. The molecule has 1 aromatic carbocycles. The lowest BCUT2D eigenvalue weighted by molar-refractivity contribution is 0.100. The molecule has 0 radical (unpaired) electrons. The molecule has 0 aliphatic heterocycles. The lowest BCUT2D eigenvalue weighted by Gasteiger charge is -2.14. The molecule has 26 heavy (non-hydrogen) atoms. The lowest BCUT2D eigenvalue weighted by atomic mass is 10.2. The van der Waals surface area contributed by atoms with E-state index in [2.05, 4.69) is 25.8 Å². The molecule has 136 valence electrons. The predicted molar refractivity (Wildman–Crippen MR) is 96.2 cm³/mol. The van der Waals surface area contributed by atoms with Gasteiger partial charge >= 0.3 is 0 Å². The van der Waals surface area contributed by atoms with Crippen molar-refractivity contribution in [2.75, 3.05) is 30.9 Å². The number of rotatable bonds is 8. The maximum absolute atomic E-state index is 11.7. The van der Waals surface area contributed by atoms with Crippen LogP contribution in [-0.2, 0) is 4.74 Å². The molecule has 10 nitrogen and oxygen atoms in total. The Labute approximate surface area is 148 Å². The first kappa shape index (κ1) is 17.6. The second kappa shape index (κ2) is 7.76. The number of aromatic nitrogens is 3. The number of fused-ring (bicyclic) bond motifs is 1. The SMILES string of the molecule is COCC(N)CNc1ncc(C(N)=O)c(Nc2ccc3oncc3c2)n1. The number of nitrogens with one attached hydrogen (secondary N) is 2. The zero-order valence-electron chi connectivity index (χ0n) is 14.1. The molecule has 0 spiro atoms. The number of carbonyl (C=O) groups excluding carboxylic acids is 1. The average molecular weight is 357 g/mol. The van der Waals surface area contributed by atoms with Crippen molar-refractivity contribution in [3.63, 3.8) is 0 Å². The van der Waals surface area contributed by atoms with Crippen molar-refractivity contribution in [1.29, 1.82) is 0 Å². The van der Waals surface area contributed by atoms with Crippen molar-refractivity contribution in [2.45, 2.75) is 6.04 Å². The van der Waals surface area contributed by atoms with E-state index in [-0.39, 0.29) is 17.4 Å². The highest BCUT2D eigenvalue weighted by atomic mass is 16.5. The van der Waals surface area contributed by atoms with Crippen molar-refractivity contribution >= 4 is 34.3 Å². The molecule has 0 aliphatic carbocycles. The molecule has 3 aromatic rings. The number of methoxy groups -OCH3 is 1. The summed E-state index contributed by atoms with van der Waals surface area (Å²) in [5, 5.41) is 10.6. The van der Waals surface area contributed by atoms with Crippen molar-refractivity contribution in [3.05, 3.63) is 36.2 Å². The largest absolute Gasteiger partial charge is 0.383 e. The first-order valence-corrected chi connectivity index (χ1v) is 7.83. The van der Waals surface area contributed by atoms with Gasteiger partial charge in [-0.2, -0.15) is 4.98 Å². The van der Waals surface area contributed by atoms with Crippen LogP contribution in [-0.4, -0.2) is 47.3 Å². The number of hydrogen-bond acceptors (Lipinski definition) is 9. The number of ether oxygens (including phenoxy) is 1. The number of carbonyl (C=O) groups is 1. The van der Waals surface area contributed by atoms with Gasteiger partial charge in [0.15, 0.2) is 5.58 Å². The van der Waals surface area contributed by atoms with Crippen molar-refractivity contribution in [3.8, 4) is 0 Å². The lowest BCUT2D eigenvalue weighted by Crippen LogP contribution is -2.33. The highest BCUT2D eigenvalue weighted by Crippen LogP contribution is 2.23. The average Bonchev–Trinajstić information content (AvgIpc) is 3.08. The summed E-state index contributed by atoms with van der Waals surface area (Å²) in [4.78, 5) is 20.1. The Morgan fingerprint density at radius 3 is 3.00 bits per heavy atom. The summed E-state index contributed by atoms with van der Waals surface area (Å²) in [7, 11) is 1.58. The van der Waals surface area contributed by atoms with E-state index in [4.69, 9.17) is 20.7 Å². The molecule has 1 amide bonds. The number of primary amides is 1. The van der Waals surface area contributed by atoms with Gasteiger partial charge in [-0.1, -0.05) is 5.16 Å². The van der Waals surface area contributed by atoms with Crippen LogP contribution in [0.15, 0.2) is 35.1 Å². The molecule has 1 atom stereocenters. The molecular formula is C16H19N7O3. The zero-order valence-corrected chi connectivity index (χ0v) is 14.1. The summed E-state index contributed by atoms with van der Waals surface area (Å²) in [5.74, 6) is -0.0394. The number of benzene rings is 1. The van der Waals surface area contributed by atoms with E-state index in [9.17, 15) is 4.79 Å². The molecule has 0 fully saturated rings. The molecule has 6 N–H and O–H groups in total. The number of amides is 1. The Morgan fingerprint density at radius 2 is 2.23 bits per heavy atom. The fourth-order valence-corrected chi connectivity index (χ4v) is 2.32. The van der Waals surface area contributed by atoms with Gasteiger partial charge in [-0.25, -0.2) is 4.98 Å². The minimum absolute atomic E-state index is 0.169. The highest BCUT2D eigenvalue weighted by molar-refractivity contribution is 5.98. The number of hydrogen-bond donors (Lipinski definition) is 4. The normalized spacial score (nSPS) is 12.1. The van der Waals surface area contributed by atoms with E-state index in [1.54, 1.807) is 25.4 Å². The number of anilines is 3. The molecular weight excluding hydrogens is 338 g/mol. The summed E-state index contributed by atoms with van der Waals surface area (Å²) >= 11 is 0. The first-order chi connectivity index (χ1) is 12.6. The maximum atomic E-state index is 11.7. The topological polar surface area (TPSA) is 154 Å². The van der Waals surface area contributed by atoms with Gasteiger partial charge in [0.1, 0.15) is 11.4 Å². The standard InChI is InChI=1S/C16H19N7O3/c1-25-8-10(17)6-19-16-20-7-12(14(18)24)15(23-16)22-11-2-3-13-9(4-11)5-21-26-13/h2-5,7,10H,6,8,17H2,1H3,(H2,18,24)(H2,19,20,22,23). The molecule has 0 saturated heterocycles. The fourth-order valence-electron chi connectivity index (χ4n) is 2.32.